The van der Waals surface area contributed by atoms with Gasteiger partial charge in [0.05, 0.1) is 17.8 Å². The van der Waals surface area contributed by atoms with Crippen molar-refractivity contribution >= 4 is 22.1 Å². The van der Waals surface area contributed by atoms with Gasteiger partial charge in [0.15, 0.2) is 0 Å². The zero-order valence-corrected chi connectivity index (χ0v) is 13.0. The topological polar surface area (TPSA) is 90.5 Å². The second-order valence-corrected chi connectivity index (χ2v) is 6.39. The molecule has 0 aliphatic heterocycles. The third-order valence-corrected chi connectivity index (χ3v) is 4.83. The normalized spacial score (nSPS) is 23.2. The minimum absolute atomic E-state index is 0.0802. The summed E-state index contributed by atoms with van der Waals surface area (Å²) in [6.45, 7) is 1.74. The molecule has 0 radical (unpaired) electrons. The van der Waals surface area contributed by atoms with E-state index in [2.05, 4.69) is 25.6 Å². The van der Waals surface area contributed by atoms with E-state index in [-0.39, 0.29) is 12.0 Å². The fourth-order valence-electron chi connectivity index (χ4n) is 3.79. The lowest BCUT2D eigenvalue weighted by molar-refractivity contribution is 0.176. The SMILES string of the molecule is C[C@@H](O)c1nc2cnc3[nH]ccc3c2n1C1CCCC(C#N)C1. The smallest absolute Gasteiger partial charge is 0.139 e. The van der Waals surface area contributed by atoms with Crippen molar-refractivity contribution in [3.63, 3.8) is 0 Å². The molecule has 3 heterocycles. The van der Waals surface area contributed by atoms with Crippen LogP contribution in [-0.4, -0.2) is 24.6 Å². The molecule has 1 saturated carbocycles. The first-order chi connectivity index (χ1) is 11.2. The van der Waals surface area contributed by atoms with Gasteiger partial charge in [0.2, 0.25) is 0 Å². The van der Waals surface area contributed by atoms with Gasteiger partial charge < -0.3 is 14.7 Å². The van der Waals surface area contributed by atoms with Gasteiger partial charge in [-0.1, -0.05) is 6.42 Å². The third kappa shape index (κ3) is 2.20. The molecule has 118 valence electrons. The summed E-state index contributed by atoms with van der Waals surface area (Å²) in [5.74, 6) is 0.746. The van der Waals surface area contributed by atoms with Gasteiger partial charge in [-0.3, -0.25) is 0 Å². The van der Waals surface area contributed by atoms with Crippen molar-refractivity contribution in [3.05, 3.63) is 24.3 Å². The maximum atomic E-state index is 10.2. The zero-order valence-electron chi connectivity index (χ0n) is 13.0. The van der Waals surface area contributed by atoms with Crippen LogP contribution >= 0.6 is 0 Å². The molecule has 4 rings (SSSR count). The lowest BCUT2D eigenvalue weighted by atomic mass is 9.86. The molecular formula is C17H19N5O. The highest BCUT2D eigenvalue weighted by Crippen LogP contribution is 2.38. The summed E-state index contributed by atoms with van der Waals surface area (Å²) in [6, 6.07) is 4.61. The number of aliphatic hydroxyl groups excluding tert-OH is 1. The summed E-state index contributed by atoms with van der Waals surface area (Å²) in [4.78, 5) is 12.1. The van der Waals surface area contributed by atoms with E-state index in [9.17, 15) is 10.4 Å². The number of fused-ring (bicyclic) bond motifs is 3. The molecule has 23 heavy (non-hydrogen) atoms. The van der Waals surface area contributed by atoms with Gasteiger partial charge >= 0.3 is 0 Å². The van der Waals surface area contributed by atoms with E-state index in [1.165, 1.54) is 0 Å². The molecule has 2 N–H and O–H groups in total. The van der Waals surface area contributed by atoms with E-state index in [1.807, 2.05) is 12.3 Å². The number of nitrogens with zero attached hydrogens (tertiary/aromatic N) is 4. The first kappa shape index (κ1) is 14.2. The number of hydrogen-bond acceptors (Lipinski definition) is 4. The van der Waals surface area contributed by atoms with Crippen LogP contribution in [0.3, 0.4) is 0 Å². The van der Waals surface area contributed by atoms with Gasteiger partial charge in [0.25, 0.3) is 0 Å². The zero-order chi connectivity index (χ0) is 16.0. The summed E-state index contributed by atoms with van der Waals surface area (Å²) in [5.41, 5.74) is 2.63. The summed E-state index contributed by atoms with van der Waals surface area (Å²) in [7, 11) is 0. The molecule has 3 aromatic heterocycles. The molecule has 1 aliphatic carbocycles. The molecule has 1 aliphatic rings. The number of aromatic nitrogens is 4. The van der Waals surface area contributed by atoms with Gasteiger partial charge in [-0.05, 0) is 32.3 Å². The molecule has 6 heteroatoms. The lowest BCUT2D eigenvalue weighted by Gasteiger charge is -2.29. The van der Waals surface area contributed by atoms with Crippen LogP contribution in [0.5, 0.6) is 0 Å². The van der Waals surface area contributed by atoms with Crippen LogP contribution in [0.25, 0.3) is 22.1 Å². The summed E-state index contributed by atoms with van der Waals surface area (Å²) < 4.78 is 2.15. The van der Waals surface area contributed by atoms with E-state index in [0.29, 0.717) is 5.82 Å². The average Bonchev–Trinajstić information content (AvgIpc) is 3.18. The highest BCUT2D eigenvalue weighted by Gasteiger charge is 2.28. The van der Waals surface area contributed by atoms with Gasteiger partial charge in [0, 0.05) is 23.5 Å². The van der Waals surface area contributed by atoms with Gasteiger partial charge in [-0.2, -0.15) is 5.26 Å². The average molecular weight is 309 g/mol. The number of nitrogens with one attached hydrogen (secondary N) is 1. The van der Waals surface area contributed by atoms with Crippen LogP contribution in [0, 0.1) is 17.2 Å². The Morgan fingerprint density at radius 1 is 1.48 bits per heavy atom. The highest BCUT2D eigenvalue weighted by molar-refractivity contribution is 6.01. The van der Waals surface area contributed by atoms with E-state index in [1.54, 1.807) is 13.1 Å². The Bertz CT molecular complexity index is 901. The predicted molar refractivity (Wildman–Crippen MR) is 86.6 cm³/mol. The largest absolute Gasteiger partial charge is 0.385 e. The molecular weight excluding hydrogens is 290 g/mol. The lowest BCUT2D eigenvalue weighted by Crippen LogP contribution is -2.21. The van der Waals surface area contributed by atoms with Crippen LogP contribution in [-0.2, 0) is 0 Å². The van der Waals surface area contributed by atoms with Crippen LogP contribution in [0.4, 0.5) is 0 Å². The van der Waals surface area contributed by atoms with E-state index < -0.39 is 6.10 Å². The molecule has 1 fully saturated rings. The Hall–Kier alpha value is -2.39. The number of hydrogen-bond donors (Lipinski definition) is 2. The van der Waals surface area contributed by atoms with Crippen LogP contribution in [0.2, 0.25) is 0 Å². The number of aliphatic hydroxyl groups is 1. The second-order valence-electron chi connectivity index (χ2n) is 6.39. The first-order valence-electron chi connectivity index (χ1n) is 8.10. The summed E-state index contributed by atoms with van der Waals surface area (Å²) in [5, 5.41) is 20.5. The number of pyridine rings is 1. The van der Waals surface area contributed by atoms with E-state index in [0.717, 1.165) is 47.8 Å². The van der Waals surface area contributed by atoms with Crippen molar-refractivity contribution in [2.24, 2.45) is 5.92 Å². The molecule has 3 aromatic rings. The van der Waals surface area contributed by atoms with Gasteiger partial charge in [-0.15, -0.1) is 0 Å². The quantitative estimate of drug-likeness (QED) is 0.760. The Balaban J connectivity index is 1.97. The van der Waals surface area contributed by atoms with Crippen molar-refractivity contribution in [3.8, 4) is 6.07 Å². The van der Waals surface area contributed by atoms with E-state index >= 15 is 0 Å². The highest BCUT2D eigenvalue weighted by atomic mass is 16.3. The van der Waals surface area contributed by atoms with Crippen LogP contribution in [0.1, 0.15) is 50.6 Å². The molecule has 0 bridgehead atoms. The monoisotopic (exact) mass is 309 g/mol. The fourth-order valence-corrected chi connectivity index (χ4v) is 3.79. The van der Waals surface area contributed by atoms with Crippen molar-refractivity contribution in [1.82, 2.24) is 19.5 Å². The van der Waals surface area contributed by atoms with Gasteiger partial charge in [-0.25, -0.2) is 9.97 Å². The molecule has 3 atom stereocenters. The minimum Gasteiger partial charge on any atom is -0.385 e. The fraction of sp³-hybridized carbons (Fsp3) is 0.471. The number of H-pyrrole nitrogens is 1. The van der Waals surface area contributed by atoms with Crippen molar-refractivity contribution in [2.45, 2.75) is 44.8 Å². The van der Waals surface area contributed by atoms with Crippen LogP contribution in [0.15, 0.2) is 18.5 Å². The Morgan fingerprint density at radius 2 is 2.35 bits per heavy atom. The molecule has 6 nitrogen and oxygen atoms in total. The summed E-state index contributed by atoms with van der Waals surface area (Å²) >= 11 is 0. The Morgan fingerprint density at radius 3 is 3.13 bits per heavy atom. The maximum Gasteiger partial charge on any atom is 0.139 e. The van der Waals surface area contributed by atoms with Crippen molar-refractivity contribution in [2.75, 3.05) is 0 Å². The number of aromatic amines is 1. The molecule has 0 aromatic carbocycles. The van der Waals surface area contributed by atoms with Crippen LogP contribution < -0.4 is 0 Å². The number of nitriles is 1. The van der Waals surface area contributed by atoms with E-state index in [4.69, 9.17) is 0 Å². The standard InChI is InChI=1S/C17H19N5O/c1-10(23)17-21-14-9-20-16-13(5-6-19-16)15(14)22(17)12-4-2-3-11(7-12)8-18/h5-6,9-12,23H,2-4,7H2,1H3,(H,19,20)/t10-,11?,12?/m1/s1. The maximum absolute atomic E-state index is 10.2. The Labute approximate surface area is 133 Å². The first-order valence-corrected chi connectivity index (χ1v) is 8.10. The van der Waals surface area contributed by atoms with Crippen molar-refractivity contribution < 1.29 is 5.11 Å². The Kier molecular flexibility index (Phi) is 3.31. The molecule has 0 spiro atoms. The number of imidazole rings is 1. The predicted octanol–water partition coefficient (Wildman–Crippen LogP) is 3.22. The molecule has 0 saturated heterocycles. The molecule has 0 amide bonds. The minimum atomic E-state index is -0.654. The third-order valence-electron chi connectivity index (χ3n) is 4.83. The summed E-state index contributed by atoms with van der Waals surface area (Å²) in [6.07, 6.45) is 6.79. The van der Waals surface area contributed by atoms with Gasteiger partial charge in [0.1, 0.15) is 23.1 Å². The second kappa shape index (κ2) is 5.36. The molecule has 2 unspecified atom stereocenters. The number of rotatable bonds is 2. The van der Waals surface area contributed by atoms with Crippen molar-refractivity contribution in [1.29, 1.82) is 5.26 Å².